The van der Waals surface area contributed by atoms with Crippen molar-refractivity contribution in [1.82, 2.24) is 0 Å². The number of aliphatic hydroxyl groups is 1. The highest BCUT2D eigenvalue weighted by molar-refractivity contribution is 6.31. The van der Waals surface area contributed by atoms with Crippen molar-refractivity contribution in [3.63, 3.8) is 0 Å². The Balaban J connectivity index is 2.23. The molecule has 1 saturated carbocycles. The summed E-state index contributed by atoms with van der Waals surface area (Å²) in [4.78, 5) is 0. The first-order chi connectivity index (χ1) is 8.36. The van der Waals surface area contributed by atoms with Gasteiger partial charge < -0.3 is 10.8 Å². The van der Waals surface area contributed by atoms with Crippen molar-refractivity contribution >= 4 is 11.6 Å². The standard InChI is InChI=1S/C14H19ClFNO/c1-14(2)6-11(14)13(18)10(7-17)9-4-3-8(16)5-12(9)15/h3-5,10-11,13,18H,6-7,17H2,1-2H3. The molecular formula is C14H19ClFNO. The largest absolute Gasteiger partial charge is 0.392 e. The third-order valence-corrected chi connectivity index (χ3v) is 4.36. The van der Waals surface area contributed by atoms with Crippen LogP contribution in [-0.2, 0) is 0 Å². The number of benzene rings is 1. The predicted octanol–water partition coefficient (Wildman–Crippen LogP) is 2.93. The minimum Gasteiger partial charge on any atom is -0.392 e. The molecule has 0 aliphatic heterocycles. The molecule has 3 unspecified atom stereocenters. The summed E-state index contributed by atoms with van der Waals surface area (Å²) < 4.78 is 13.0. The summed E-state index contributed by atoms with van der Waals surface area (Å²) >= 11 is 6.04. The molecule has 0 bridgehead atoms. The Hall–Kier alpha value is -0.640. The van der Waals surface area contributed by atoms with Crippen molar-refractivity contribution in [3.8, 4) is 0 Å². The molecule has 0 spiro atoms. The maximum absolute atomic E-state index is 13.0. The Bertz CT molecular complexity index is 449. The molecule has 0 aromatic heterocycles. The molecule has 1 aromatic rings. The lowest BCUT2D eigenvalue weighted by atomic mass is 9.88. The van der Waals surface area contributed by atoms with Crippen molar-refractivity contribution in [1.29, 1.82) is 0 Å². The second kappa shape index (κ2) is 4.80. The zero-order valence-electron chi connectivity index (χ0n) is 10.7. The highest BCUT2D eigenvalue weighted by atomic mass is 35.5. The van der Waals surface area contributed by atoms with Gasteiger partial charge in [-0.2, -0.15) is 0 Å². The second-order valence-corrected chi connectivity index (χ2v) is 6.21. The molecule has 1 fully saturated rings. The highest BCUT2D eigenvalue weighted by Gasteiger charge is 2.51. The van der Waals surface area contributed by atoms with Crippen LogP contribution in [0.2, 0.25) is 5.02 Å². The zero-order valence-corrected chi connectivity index (χ0v) is 11.4. The van der Waals surface area contributed by atoms with Crippen LogP contribution in [0.15, 0.2) is 18.2 Å². The van der Waals surface area contributed by atoms with Crippen LogP contribution in [0.3, 0.4) is 0 Å². The van der Waals surface area contributed by atoms with Crippen LogP contribution in [0.1, 0.15) is 31.7 Å². The van der Waals surface area contributed by atoms with Crippen LogP contribution in [0, 0.1) is 17.2 Å². The molecule has 100 valence electrons. The molecule has 3 N–H and O–H groups in total. The van der Waals surface area contributed by atoms with Gasteiger partial charge in [-0.25, -0.2) is 4.39 Å². The van der Waals surface area contributed by atoms with Crippen LogP contribution < -0.4 is 5.73 Å². The van der Waals surface area contributed by atoms with Crippen LogP contribution >= 0.6 is 11.6 Å². The molecule has 18 heavy (non-hydrogen) atoms. The number of hydrogen-bond acceptors (Lipinski definition) is 2. The van der Waals surface area contributed by atoms with Gasteiger partial charge in [-0.05, 0) is 35.4 Å². The van der Waals surface area contributed by atoms with Crippen molar-refractivity contribution in [2.45, 2.75) is 32.3 Å². The van der Waals surface area contributed by atoms with E-state index >= 15 is 0 Å². The predicted molar refractivity (Wildman–Crippen MR) is 71.1 cm³/mol. The van der Waals surface area contributed by atoms with E-state index < -0.39 is 6.10 Å². The third-order valence-electron chi connectivity index (χ3n) is 4.03. The zero-order chi connectivity index (χ0) is 13.5. The molecule has 2 nitrogen and oxygen atoms in total. The van der Waals surface area contributed by atoms with Gasteiger partial charge in [0.05, 0.1) is 6.10 Å². The van der Waals surface area contributed by atoms with E-state index in [1.165, 1.54) is 12.1 Å². The molecule has 3 atom stereocenters. The van der Waals surface area contributed by atoms with Crippen molar-refractivity contribution in [2.24, 2.45) is 17.1 Å². The summed E-state index contributed by atoms with van der Waals surface area (Å²) in [6.45, 7) is 4.56. The molecule has 1 aliphatic carbocycles. The smallest absolute Gasteiger partial charge is 0.124 e. The number of halogens is 2. The third kappa shape index (κ3) is 2.53. The fourth-order valence-corrected chi connectivity index (χ4v) is 2.93. The fourth-order valence-electron chi connectivity index (χ4n) is 2.62. The minimum absolute atomic E-state index is 0.166. The number of rotatable bonds is 4. The Kier molecular flexibility index (Phi) is 3.67. The molecule has 0 radical (unpaired) electrons. The van der Waals surface area contributed by atoms with E-state index in [4.69, 9.17) is 17.3 Å². The minimum atomic E-state index is -0.520. The average molecular weight is 272 g/mol. The van der Waals surface area contributed by atoms with Gasteiger partial charge in [0.1, 0.15) is 5.82 Å². The van der Waals surface area contributed by atoms with Gasteiger partial charge in [-0.1, -0.05) is 31.5 Å². The van der Waals surface area contributed by atoms with Crippen molar-refractivity contribution in [3.05, 3.63) is 34.6 Å². The Morgan fingerprint density at radius 1 is 1.56 bits per heavy atom. The monoisotopic (exact) mass is 271 g/mol. The lowest BCUT2D eigenvalue weighted by Crippen LogP contribution is -2.29. The van der Waals surface area contributed by atoms with Gasteiger partial charge >= 0.3 is 0 Å². The first-order valence-electron chi connectivity index (χ1n) is 6.20. The lowest BCUT2D eigenvalue weighted by molar-refractivity contribution is 0.109. The summed E-state index contributed by atoms with van der Waals surface area (Å²) in [6.07, 6.45) is 0.469. The molecule has 1 aliphatic rings. The van der Waals surface area contributed by atoms with Crippen LogP contribution in [-0.4, -0.2) is 17.8 Å². The molecule has 0 saturated heterocycles. The molecule has 0 amide bonds. The number of hydrogen-bond donors (Lipinski definition) is 2. The van der Waals surface area contributed by atoms with Gasteiger partial charge in [-0.15, -0.1) is 0 Å². The maximum Gasteiger partial charge on any atom is 0.124 e. The quantitative estimate of drug-likeness (QED) is 0.884. The van der Waals surface area contributed by atoms with Crippen LogP contribution in [0.5, 0.6) is 0 Å². The maximum atomic E-state index is 13.0. The average Bonchev–Trinajstić information content (AvgIpc) is 2.91. The Morgan fingerprint density at radius 2 is 2.17 bits per heavy atom. The van der Waals surface area contributed by atoms with Crippen LogP contribution in [0.25, 0.3) is 0 Å². The molecule has 4 heteroatoms. The van der Waals surface area contributed by atoms with Gasteiger partial charge in [-0.3, -0.25) is 0 Å². The SMILES string of the molecule is CC1(C)CC1C(O)C(CN)c1ccc(F)cc1Cl. The van der Waals surface area contributed by atoms with E-state index in [2.05, 4.69) is 13.8 Å². The topological polar surface area (TPSA) is 46.2 Å². The Morgan fingerprint density at radius 3 is 2.61 bits per heavy atom. The summed E-state index contributed by atoms with van der Waals surface area (Å²) in [5, 5.41) is 10.7. The second-order valence-electron chi connectivity index (χ2n) is 5.80. The summed E-state index contributed by atoms with van der Waals surface area (Å²) in [6, 6.07) is 4.24. The van der Waals surface area contributed by atoms with Crippen molar-refractivity contribution < 1.29 is 9.50 Å². The van der Waals surface area contributed by atoms with Gasteiger partial charge in [0.2, 0.25) is 0 Å². The van der Waals surface area contributed by atoms with Gasteiger partial charge in [0, 0.05) is 17.5 Å². The fraction of sp³-hybridized carbons (Fsp3) is 0.571. The van der Waals surface area contributed by atoms with Crippen molar-refractivity contribution in [2.75, 3.05) is 6.54 Å². The van der Waals surface area contributed by atoms with Gasteiger partial charge in [0.25, 0.3) is 0 Å². The summed E-state index contributed by atoms with van der Waals surface area (Å²) in [7, 11) is 0. The normalized spacial score (nSPS) is 24.7. The molecule has 1 aromatic carbocycles. The van der Waals surface area contributed by atoms with E-state index in [-0.39, 0.29) is 23.1 Å². The van der Waals surface area contributed by atoms with E-state index in [0.29, 0.717) is 11.6 Å². The number of aliphatic hydroxyl groups excluding tert-OH is 1. The first-order valence-corrected chi connectivity index (χ1v) is 6.57. The van der Waals surface area contributed by atoms with Gasteiger partial charge in [0.15, 0.2) is 0 Å². The highest BCUT2D eigenvalue weighted by Crippen LogP contribution is 2.55. The van der Waals surface area contributed by atoms with E-state index in [0.717, 1.165) is 12.0 Å². The summed E-state index contributed by atoms with van der Waals surface area (Å²) in [5.41, 5.74) is 6.65. The van der Waals surface area contributed by atoms with Crippen LogP contribution in [0.4, 0.5) is 4.39 Å². The lowest BCUT2D eigenvalue weighted by Gasteiger charge is -2.24. The van der Waals surface area contributed by atoms with E-state index in [1.54, 1.807) is 6.07 Å². The van der Waals surface area contributed by atoms with E-state index in [1.807, 2.05) is 0 Å². The number of nitrogens with two attached hydrogens (primary N) is 1. The first kappa shape index (κ1) is 13.8. The molecule has 0 heterocycles. The Labute approximate surface area is 112 Å². The molecule has 2 rings (SSSR count). The van der Waals surface area contributed by atoms with E-state index in [9.17, 15) is 9.50 Å². The molecular weight excluding hydrogens is 253 g/mol. The summed E-state index contributed by atoms with van der Waals surface area (Å²) in [5.74, 6) is -0.363.